The fourth-order valence-electron chi connectivity index (χ4n) is 5.88. The zero-order valence-electron chi connectivity index (χ0n) is 24.6. The standard InChI is InChI=1S/C28H37F2N3O3.C2HF3O2/c1-18(2)10-13-33-14-12-28(19-5-8-24(35-3)25(15-19)36-4)11-9-21(17-26(28)33)32-27(34)31-20-6-7-22(29)23(30)16-20;3-2(4,5)1(6)7/h5-8,15-16,18,21,26H,9-14,17H2,1-4H3,(H2,31,32,34);(H,6,7)/t21-,26+,28+;/m1./s1. The predicted molar refractivity (Wildman–Crippen MR) is 150 cm³/mol. The van der Waals surface area contributed by atoms with Crippen molar-refractivity contribution in [3.63, 3.8) is 0 Å². The predicted octanol–water partition coefficient (Wildman–Crippen LogP) is 6.35. The molecule has 1 heterocycles. The highest BCUT2D eigenvalue weighted by molar-refractivity contribution is 5.89. The first-order chi connectivity index (χ1) is 20.2. The first kappa shape index (κ1) is 33.9. The third-order valence-corrected chi connectivity index (χ3v) is 8.08. The summed E-state index contributed by atoms with van der Waals surface area (Å²) in [7, 11) is 3.30. The molecule has 13 heteroatoms. The number of methoxy groups -OCH3 is 2. The third kappa shape index (κ3) is 8.49. The maximum Gasteiger partial charge on any atom is 0.490 e. The number of carboxylic acid groups (broad SMARTS) is 1. The number of rotatable bonds is 8. The van der Waals surface area contributed by atoms with E-state index < -0.39 is 29.8 Å². The second kappa shape index (κ2) is 14.2. The Morgan fingerprint density at radius 2 is 1.72 bits per heavy atom. The molecule has 3 atom stereocenters. The number of fused-ring (bicyclic) bond motifs is 1. The van der Waals surface area contributed by atoms with Crippen molar-refractivity contribution in [1.29, 1.82) is 0 Å². The van der Waals surface area contributed by atoms with Gasteiger partial charge in [0.1, 0.15) is 0 Å². The average molecular weight is 616 g/mol. The molecule has 1 saturated heterocycles. The van der Waals surface area contributed by atoms with Gasteiger partial charge in [-0.1, -0.05) is 19.9 Å². The number of carboxylic acids is 1. The molecule has 2 aromatic rings. The number of urea groups is 1. The smallest absolute Gasteiger partial charge is 0.490 e. The Balaban J connectivity index is 0.000000646. The second-order valence-corrected chi connectivity index (χ2v) is 11.2. The highest BCUT2D eigenvalue weighted by atomic mass is 19.4. The number of aliphatic carboxylic acids is 1. The number of carbonyl (C=O) groups excluding carboxylic acids is 1. The van der Waals surface area contributed by atoms with Crippen LogP contribution in [-0.4, -0.2) is 67.6 Å². The summed E-state index contributed by atoms with van der Waals surface area (Å²) in [6.07, 6.45) is -0.334. The summed E-state index contributed by atoms with van der Waals surface area (Å²) in [4.78, 5) is 24.2. The molecule has 0 spiro atoms. The van der Waals surface area contributed by atoms with Gasteiger partial charge in [0.2, 0.25) is 0 Å². The SMILES string of the molecule is COc1ccc([C@@]23CC[C@@H](NC(=O)Nc4ccc(F)c(F)c4)C[C@@H]2N(CCC(C)C)CC3)cc1OC.O=C(O)C(F)(F)F. The van der Waals surface area contributed by atoms with Gasteiger partial charge in [-0.15, -0.1) is 0 Å². The first-order valence-electron chi connectivity index (χ1n) is 14.0. The van der Waals surface area contributed by atoms with E-state index in [0.29, 0.717) is 11.7 Å². The van der Waals surface area contributed by atoms with Crippen molar-refractivity contribution < 1.29 is 46.1 Å². The van der Waals surface area contributed by atoms with E-state index in [4.69, 9.17) is 19.4 Å². The van der Waals surface area contributed by atoms with Gasteiger partial charge in [-0.05, 0) is 80.9 Å². The maximum absolute atomic E-state index is 13.5. The van der Waals surface area contributed by atoms with Crippen LogP contribution in [0.1, 0.15) is 51.5 Å². The van der Waals surface area contributed by atoms with E-state index in [1.165, 1.54) is 11.6 Å². The van der Waals surface area contributed by atoms with Crippen LogP contribution in [0.5, 0.6) is 11.5 Å². The van der Waals surface area contributed by atoms with Gasteiger partial charge >= 0.3 is 18.2 Å². The number of alkyl halides is 3. The van der Waals surface area contributed by atoms with Crippen molar-refractivity contribution in [3.8, 4) is 11.5 Å². The quantitative estimate of drug-likeness (QED) is 0.300. The molecule has 0 bridgehead atoms. The molecule has 2 amide bonds. The van der Waals surface area contributed by atoms with Crippen LogP contribution in [-0.2, 0) is 10.2 Å². The van der Waals surface area contributed by atoms with Gasteiger partial charge in [0, 0.05) is 29.3 Å². The summed E-state index contributed by atoms with van der Waals surface area (Å²) in [5.74, 6) is -2.63. The van der Waals surface area contributed by atoms with Crippen molar-refractivity contribution in [2.24, 2.45) is 5.92 Å². The summed E-state index contributed by atoms with van der Waals surface area (Å²) < 4.78 is 69.6. The molecule has 2 aromatic carbocycles. The Hall–Kier alpha value is -3.61. The fraction of sp³-hybridized carbons (Fsp3) is 0.533. The lowest BCUT2D eigenvalue weighted by molar-refractivity contribution is -0.192. The van der Waals surface area contributed by atoms with Crippen molar-refractivity contribution in [1.82, 2.24) is 10.2 Å². The van der Waals surface area contributed by atoms with Gasteiger partial charge in [0.25, 0.3) is 0 Å². The number of carbonyl (C=O) groups is 2. The van der Waals surface area contributed by atoms with Crippen LogP contribution in [0, 0.1) is 17.6 Å². The number of ether oxygens (including phenoxy) is 2. The highest BCUT2D eigenvalue weighted by Gasteiger charge is 2.51. The Bertz CT molecular complexity index is 1280. The second-order valence-electron chi connectivity index (χ2n) is 11.2. The lowest BCUT2D eigenvalue weighted by Gasteiger charge is -2.45. The minimum absolute atomic E-state index is 0.0202. The Morgan fingerprint density at radius 3 is 2.30 bits per heavy atom. The molecule has 0 radical (unpaired) electrons. The van der Waals surface area contributed by atoms with E-state index in [-0.39, 0.29) is 23.2 Å². The minimum atomic E-state index is -5.08. The van der Waals surface area contributed by atoms with Gasteiger partial charge in [-0.3, -0.25) is 4.90 Å². The Kier molecular flexibility index (Phi) is 11.2. The summed E-state index contributed by atoms with van der Waals surface area (Å²) in [6.45, 7) is 6.52. The minimum Gasteiger partial charge on any atom is -0.493 e. The fourth-order valence-corrected chi connectivity index (χ4v) is 5.88. The highest BCUT2D eigenvalue weighted by Crippen LogP contribution is 2.50. The molecule has 1 aliphatic carbocycles. The van der Waals surface area contributed by atoms with Gasteiger partial charge in [-0.25, -0.2) is 18.4 Å². The lowest BCUT2D eigenvalue weighted by Crippen LogP contribution is -2.53. The number of anilines is 1. The zero-order chi connectivity index (χ0) is 31.9. The molecule has 238 valence electrons. The van der Waals surface area contributed by atoms with Crippen molar-refractivity contribution >= 4 is 17.7 Å². The van der Waals surface area contributed by atoms with Crippen molar-refractivity contribution in [2.45, 2.75) is 69.6 Å². The first-order valence-corrected chi connectivity index (χ1v) is 14.0. The molecule has 1 saturated carbocycles. The molecular formula is C30H38F5N3O5. The summed E-state index contributed by atoms with van der Waals surface area (Å²) >= 11 is 0. The molecule has 2 fully saturated rings. The summed E-state index contributed by atoms with van der Waals surface area (Å²) in [5, 5.41) is 12.8. The molecule has 43 heavy (non-hydrogen) atoms. The summed E-state index contributed by atoms with van der Waals surface area (Å²) in [6, 6.07) is 9.45. The van der Waals surface area contributed by atoms with Crippen molar-refractivity contribution in [2.75, 3.05) is 32.6 Å². The van der Waals surface area contributed by atoms with Crippen LogP contribution in [0.25, 0.3) is 0 Å². The molecule has 4 rings (SSSR count). The van der Waals surface area contributed by atoms with Gasteiger partial charge in [-0.2, -0.15) is 13.2 Å². The number of nitrogens with one attached hydrogen (secondary N) is 2. The molecule has 8 nitrogen and oxygen atoms in total. The molecule has 2 aliphatic rings. The lowest BCUT2D eigenvalue weighted by atomic mass is 9.65. The van der Waals surface area contributed by atoms with Gasteiger partial charge < -0.3 is 25.2 Å². The molecule has 3 N–H and O–H groups in total. The summed E-state index contributed by atoms with van der Waals surface area (Å²) in [5.41, 5.74) is 1.45. The Morgan fingerprint density at radius 1 is 1.05 bits per heavy atom. The van der Waals surface area contributed by atoms with Gasteiger partial charge in [0.05, 0.1) is 14.2 Å². The van der Waals surface area contributed by atoms with E-state index in [2.05, 4.69) is 41.5 Å². The van der Waals surface area contributed by atoms with Crippen LogP contribution in [0.3, 0.4) is 0 Å². The number of hydrogen-bond acceptors (Lipinski definition) is 5. The Labute approximate surface area is 247 Å². The molecule has 0 aromatic heterocycles. The number of nitrogens with zero attached hydrogens (tertiary/aromatic N) is 1. The normalized spacial score (nSPS) is 21.8. The molecule has 0 unspecified atom stereocenters. The monoisotopic (exact) mass is 615 g/mol. The van der Waals surface area contributed by atoms with E-state index in [0.717, 1.165) is 63.1 Å². The molecule has 1 aliphatic heterocycles. The van der Waals surface area contributed by atoms with Crippen LogP contribution >= 0.6 is 0 Å². The van der Waals surface area contributed by atoms with Crippen molar-refractivity contribution in [3.05, 3.63) is 53.6 Å². The van der Waals surface area contributed by atoms with E-state index in [1.807, 2.05) is 6.07 Å². The zero-order valence-corrected chi connectivity index (χ0v) is 24.6. The number of benzene rings is 2. The van der Waals surface area contributed by atoms with Gasteiger partial charge in [0.15, 0.2) is 23.1 Å². The van der Waals surface area contributed by atoms with E-state index >= 15 is 0 Å². The third-order valence-electron chi connectivity index (χ3n) is 8.08. The van der Waals surface area contributed by atoms with Crippen LogP contribution in [0.4, 0.5) is 32.4 Å². The number of hydrogen-bond donors (Lipinski definition) is 3. The number of amides is 2. The average Bonchev–Trinajstić information content (AvgIpc) is 3.32. The largest absolute Gasteiger partial charge is 0.493 e. The van der Waals surface area contributed by atoms with E-state index in [1.54, 1.807) is 14.2 Å². The maximum atomic E-state index is 13.5. The van der Waals surface area contributed by atoms with Crippen LogP contribution in [0.15, 0.2) is 36.4 Å². The van der Waals surface area contributed by atoms with E-state index in [9.17, 15) is 26.7 Å². The van der Waals surface area contributed by atoms with Crippen LogP contribution in [0.2, 0.25) is 0 Å². The van der Waals surface area contributed by atoms with Crippen LogP contribution < -0.4 is 20.1 Å². The molecular weight excluding hydrogens is 577 g/mol. The number of likely N-dealkylation sites (tertiary alicyclic amines) is 1. The topological polar surface area (TPSA) is 100 Å². The number of halogens is 5.